The monoisotopic (exact) mass is 537 g/mol. The standard InChI is InChI=1S/C33H47NO5/c1-19-24-11-14-33(18-34)30(31(24,4)13-12-26(19)37)27(38)16-25-29(28(39-21(3)36)17-32(25,33)5)23(20(2)35)15-22-9-7-6-8-10-22/h6-10,19,24-28,30,37-38H,11-18,34H2,1-5H3/b29-23-/t19-,24-,25-,26+,27+,28-,30-,31-,32-,33+/m0/s1. The quantitative estimate of drug-likeness (QED) is 0.374. The molecule has 1 aromatic carbocycles. The summed E-state index contributed by atoms with van der Waals surface area (Å²) in [5.74, 6) is 0.0159. The number of allylic oxidation sites excluding steroid dienone is 1. The SMILES string of the molecule is CC(=O)O[C@H]1C[C@@]2(C)[C@@H](C[C@@H](O)[C@H]3[C@@]4(C)CC[C@@H](O)[C@@H](C)[C@@H]4CC[C@@]32CN)/C1=C(\Cc1ccccc1)C(C)=O. The number of carbonyl (C=O) groups excluding carboxylic acids is 2. The lowest BCUT2D eigenvalue weighted by Gasteiger charge is -2.69. The van der Waals surface area contributed by atoms with Gasteiger partial charge in [-0.05, 0) is 103 Å². The molecule has 6 nitrogen and oxygen atoms in total. The van der Waals surface area contributed by atoms with Gasteiger partial charge in [-0.1, -0.05) is 51.1 Å². The smallest absolute Gasteiger partial charge is 0.303 e. The van der Waals surface area contributed by atoms with Gasteiger partial charge < -0.3 is 20.7 Å². The second kappa shape index (κ2) is 10.1. The van der Waals surface area contributed by atoms with Crippen molar-refractivity contribution in [1.29, 1.82) is 0 Å². The second-order valence-corrected chi connectivity index (χ2v) is 13.7. The molecule has 6 heteroatoms. The van der Waals surface area contributed by atoms with Gasteiger partial charge in [0.25, 0.3) is 0 Å². The van der Waals surface area contributed by atoms with Gasteiger partial charge in [0.1, 0.15) is 6.10 Å². The fourth-order valence-corrected chi connectivity index (χ4v) is 10.3. The first-order valence-corrected chi connectivity index (χ1v) is 14.9. The summed E-state index contributed by atoms with van der Waals surface area (Å²) in [7, 11) is 0. The average Bonchev–Trinajstić information content (AvgIpc) is 3.16. The van der Waals surface area contributed by atoms with Gasteiger partial charge >= 0.3 is 5.97 Å². The minimum Gasteiger partial charge on any atom is -0.458 e. The molecule has 0 bridgehead atoms. The Labute approximate surface area is 233 Å². The molecule has 0 aromatic heterocycles. The van der Waals surface area contributed by atoms with Crippen LogP contribution in [0.2, 0.25) is 0 Å². The zero-order valence-electron chi connectivity index (χ0n) is 24.3. The van der Waals surface area contributed by atoms with Crippen molar-refractivity contribution in [2.24, 2.45) is 45.7 Å². The van der Waals surface area contributed by atoms with Crippen molar-refractivity contribution in [2.75, 3.05) is 6.54 Å². The molecule has 0 unspecified atom stereocenters. The molecule has 0 heterocycles. The first-order valence-electron chi connectivity index (χ1n) is 14.9. The Hall–Kier alpha value is -2.02. The predicted molar refractivity (Wildman–Crippen MR) is 150 cm³/mol. The van der Waals surface area contributed by atoms with E-state index < -0.39 is 12.2 Å². The molecule has 0 amide bonds. The Morgan fingerprint density at radius 3 is 2.36 bits per heavy atom. The number of aliphatic hydroxyl groups excluding tert-OH is 2. The van der Waals surface area contributed by atoms with E-state index in [4.69, 9.17) is 10.5 Å². The Bertz CT molecular complexity index is 1150. The van der Waals surface area contributed by atoms with Gasteiger partial charge in [0, 0.05) is 18.9 Å². The summed E-state index contributed by atoms with van der Waals surface area (Å²) in [5, 5.41) is 22.8. The van der Waals surface area contributed by atoms with Crippen LogP contribution < -0.4 is 5.73 Å². The van der Waals surface area contributed by atoms with Gasteiger partial charge in [-0.15, -0.1) is 0 Å². The van der Waals surface area contributed by atoms with E-state index in [1.54, 1.807) is 6.92 Å². The molecule has 4 aliphatic carbocycles. The fourth-order valence-electron chi connectivity index (χ4n) is 10.3. The number of hydrogen-bond donors (Lipinski definition) is 3. The number of carbonyl (C=O) groups is 2. The minimum absolute atomic E-state index is 0.0144. The molecule has 39 heavy (non-hydrogen) atoms. The van der Waals surface area contributed by atoms with Crippen molar-refractivity contribution in [3.05, 3.63) is 47.0 Å². The van der Waals surface area contributed by atoms with Crippen LogP contribution in [0.5, 0.6) is 0 Å². The van der Waals surface area contributed by atoms with Crippen molar-refractivity contribution in [3.63, 3.8) is 0 Å². The van der Waals surface area contributed by atoms with Gasteiger partial charge in [-0.2, -0.15) is 0 Å². The van der Waals surface area contributed by atoms with E-state index in [9.17, 15) is 19.8 Å². The number of hydrogen-bond acceptors (Lipinski definition) is 6. The molecule has 5 rings (SSSR count). The molecular weight excluding hydrogens is 490 g/mol. The number of nitrogens with two attached hydrogens (primary N) is 1. The maximum atomic E-state index is 13.3. The maximum Gasteiger partial charge on any atom is 0.303 e. The molecular formula is C33H47NO5. The van der Waals surface area contributed by atoms with Crippen LogP contribution in [0.25, 0.3) is 0 Å². The number of aliphatic hydroxyl groups is 2. The Balaban J connectivity index is 1.66. The van der Waals surface area contributed by atoms with Gasteiger partial charge in [-0.3, -0.25) is 9.59 Å². The first kappa shape index (κ1) is 28.5. The van der Waals surface area contributed by atoms with Crippen LogP contribution in [-0.2, 0) is 20.7 Å². The van der Waals surface area contributed by atoms with E-state index in [1.807, 2.05) is 30.3 Å². The van der Waals surface area contributed by atoms with E-state index in [2.05, 4.69) is 20.8 Å². The summed E-state index contributed by atoms with van der Waals surface area (Å²) in [6.45, 7) is 10.3. The van der Waals surface area contributed by atoms with E-state index >= 15 is 0 Å². The molecule has 10 atom stereocenters. The van der Waals surface area contributed by atoms with Crippen LogP contribution in [0, 0.1) is 39.9 Å². The fraction of sp³-hybridized carbons (Fsp3) is 0.697. The molecule has 0 saturated heterocycles. The van der Waals surface area contributed by atoms with E-state index in [1.165, 1.54) is 6.92 Å². The van der Waals surface area contributed by atoms with E-state index in [0.29, 0.717) is 37.3 Å². The van der Waals surface area contributed by atoms with Crippen LogP contribution in [0.15, 0.2) is 41.5 Å². The van der Waals surface area contributed by atoms with Crippen LogP contribution >= 0.6 is 0 Å². The van der Waals surface area contributed by atoms with Crippen LogP contribution in [0.1, 0.15) is 78.7 Å². The third-order valence-electron chi connectivity index (χ3n) is 12.0. The number of ketones is 1. The highest BCUT2D eigenvalue weighted by molar-refractivity contribution is 5.95. The van der Waals surface area contributed by atoms with Crippen LogP contribution in [-0.4, -0.2) is 46.8 Å². The molecule has 4 aliphatic rings. The zero-order valence-corrected chi connectivity index (χ0v) is 24.3. The third kappa shape index (κ3) is 4.24. The summed E-state index contributed by atoms with van der Waals surface area (Å²) in [5.41, 5.74) is 8.59. The van der Waals surface area contributed by atoms with Crippen molar-refractivity contribution < 1.29 is 24.5 Å². The molecule has 0 spiro atoms. The highest BCUT2D eigenvalue weighted by Gasteiger charge is 2.72. The third-order valence-corrected chi connectivity index (χ3v) is 12.0. The average molecular weight is 538 g/mol. The molecule has 4 fully saturated rings. The molecule has 214 valence electrons. The van der Waals surface area contributed by atoms with Crippen LogP contribution in [0.4, 0.5) is 0 Å². The molecule has 0 radical (unpaired) electrons. The van der Waals surface area contributed by atoms with E-state index in [-0.39, 0.29) is 51.9 Å². The van der Waals surface area contributed by atoms with Crippen LogP contribution in [0.3, 0.4) is 0 Å². The summed E-state index contributed by atoms with van der Waals surface area (Å²) >= 11 is 0. The van der Waals surface area contributed by atoms with Gasteiger partial charge in [0.05, 0.1) is 12.2 Å². The number of esters is 1. The summed E-state index contributed by atoms with van der Waals surface area (Å²) in [6.07, 6.45) is 3.65. The lowest BCUT2D eigenvalue weighted by Crippen LogP contribution is -2.68. The van der Waals surface area contributed by atoms with Crippen molar-refractivity contribution >= 4 is 11.8 Å². The summed E-state index contributed by atoms with van der Waals surface area (Å²) in [6, 6.07) is 9.95. The number of rotatable bonds is 5. The second-order valence-electron chi connectivity index (χ2n) is 13.7. The number of Topliss-reactive ketones (excluding diaryl/α,β-unsaturated/α-hetero) is 1. The number of fused-ring (bicyclic) bond motifs is 5. The highest BCUT2D eigenvalue weighted by atomic mass is 16.5. The Morgan fingerprint density at radius 2 is 1.74 bits per heavy atom. The molecule has 4 saturated carbocycles. The van der Waals surface area contributed by atoms with Crippen molar-refractivity contribution in [3.8, 4) is 0 Å². The number of benzene rings is 1. The van der Waals surface area contributed by atoms with Crippen molar-refractivity contribution in [1.82, 2.24) is 0 Å². The Morgan fingerprint density at radius 1 is 1.05 bits per heavy atom. The lowest BCUT2D eigenvalue weighted by molar-refractivity contribution is -0.237. The highest BCUT2D eigenvalue weighted by Crippen LogP contribution is 2.74. The summed E-state index contributed by atoms with van der Waals surface area (Å²) < 4.78 is 6.01. The molecule has 4 N–H and O–H groups in total. The number of ether oxygens (including phenoxy) is 1. The zero-order chi connectivity index (χ0) is 28.3. The maximum absolute atomic E-state index is 13.3. The largest absolute Gasteiger partial charge is 0.458 e. The van der Waals surface area contributed by atoms with Gasteiger partial charge in [0.2, 0.25) is 0 Å². The van der Waals surface area contributed by atoms with E-state index in [0.717, 1.165) is 36.8 Å². The predicted octanol–water partition coefficient (Wildman–Crippen LogP) is 4.61. The summed E-state index contributed by atoms with van der Waals surface area (Å²) in [4.78, 5) is 25.6. The van der Waals surface area contributed by atoms with Gasteiger partial charge in [0.15, 0.2) is 5.78 Å². The molecule has 0 aliphatic heterocycles. The normalized spacial score (nSPS) is 44.6. The minimum atomic E-state index is -0.585. The molecule has 1 aromatic rings. The van der Waals surface area contributed by atoms with Crippen molar-refractivity contribution in [2.45, 2.75) is 97.9 Å². The first-order chi connectivity index (χ1) is 18.4. The Kier molecular flexibility index (Phi) is 7.39. The lowest BCUT2D eigenvalue weighted by atomic mass is 9.36. The van der Waals surface area contributed by atoms with Gasteiger partial charge in [-0.25, -0.2) is 0 Å². The topological polar surface area (TPSA) is 110 Å².